The number of ether oxygens (including phenoxy) is 1. The van der Waals surface area contributed by atoms with E-state index in [1.807, 2.05) is 0 Å². The highest BCUT2D eigenvalue weighted by molar-refractivity contribution is 5.45. The fourth-order valence-corrected chi connectivity index (χ4v) is 1.86. The zero-order chi connectivity index (χ0) is 13.1. The predicted octanol–water partition coefficient (Wildman–Crippen LogP) is 0.978. The van der Waals surface area contributed by atoms with E-state index in [2.05, 4.69) is 4.98 Å². The number of nitriles is 1. The molecule has 1 aromatic heterocycles. The molecule has 0 aliphatic heterocycles. The van der Waals surface area contributed by atoms with Crippen molar-refractivity contribution in [3.8, 4) is 11.9 Å². The van der Waals surface area contributed by atoms with Crippen LogP contribution in [0.25, 0.3) is 0 Å². The first-order chi connectivity index (χ1) is 8.63. The monoisotopic (exact) mass is 248 g/mol. The summed E-state index contributed by atoms with van der Waals surface area (Å²) in [6.07, 6.45) is 1.76. The number of nitrogens with zero attached hydrogens (tertiary/aromatic N) is 3. The highest BCUT2D eigenvalue weighted by atomic mass is 16.6. The van der Waals surface area contributed by atoms with Gasteiger partial charge in [0.05, 0.1) is 4.92 Å². The summed E-state index contributed by atoms with van der Waals surface area (Å²) in [5, 5.41) is 19.4. The first kappa shape index (κ1) is 12.3. The molecule has 1 heterocycles. The zero-order valence-corrected chi connectivity index (χ0v) is 9.57. The van der Waals surface area contributed by atoms with E-state index in [0.717, 1.165) is 12.8 Å². The fraction of sp³-hybridized carbons (Fsp3) is 0.455. The Morgan fingerprint density at radius 2 is 2.33 bits per heavy atom. The van der Waals surface area contributed by atoms with E-state index in [1.165, 1.54) is 12.1 Å². The molecule has 0 radical (unpaired) electrons. The third kappa shape index (κ3) is 2.38. The van der Waals surface area contributed by atoms with Gasteiger partial charge in [-0.15, -0.1) is 0 Å². The molecule has 2 N–H and O–H groups in total. The van der Waals surface area contributed by atoms with Crippen molar-refractivity contribution >= 4 is 5.69 Å². The van der Waals surface area contributed by atoms with Gasteiger partial charge in [0.25, 0.3) is 0 Å². The molecular weight excluding hydrogens is 236 g/mol. The van der Waals surface area contributed by atoms with Crippen molar-refractivity contribution < 1.29 is 9.66 Å². The first-order valence-electron chi connectivity index (χ1n) is 5.56. The molecular formula is C11H12N4O3. The highest BCUT2D eigenvalue weighted by Gasteiger charge is 2.30. The molecule has 1 fully saturated rings. The van der Waals surface area contributed by atoms with Crippen molar-refractivity contribution in [2.24, 2.45) is 11.7 Å². The smallest absolute Gasteiger partial charge is 0.305 e. The summed E-state index contributed by atoms with van der Waals surface area (Å²) in [7, 11) is 0. The Hall–Kier alpha value is -2.20. The Morgan fingerprint density at radius 3 is 2.89 bits per heavy atom. The number of rotatable bonds is 4. The Kier molecular flexibility index (Phi) is 3.39. The van der Waals surface area contributed by atoms with Crippen molar-refractivity contribution in [3.05, 3.63) is 27.9 Å². The maximum absolute atomic E-state index is 10.6. The van der Waals surface area contributed by atoms with Crippen LogP contribution in [0.4, 0.5) is 5.69 Å². The topological polar surface area (TPSA) is 115 Å². The molecule has 7 nitrogen and oxygen atoms in total. The molecule has 0 aromatic carbocycles. The van der Waals surface area contributed by atoms with Gasteiger partial charge < -0.3 is 10.5 Å². The van der Waals surface area contributed by atoms with Gasteiger partial charge in [-0.2, -0.15) is 10.2 Å². The third-order valence-corrected chi connectivity index (χ3v) is 2.96. The predicted molar refractivity (Wildman–Crippen MR) is 61.8 cm³/mol. The maximum atomic E-state index is 10.6. The number of hydrogen-bond donors (Lipinski definition) is 1. The van der Waals surface area contributed by atoms with Crippen molar-refractivity contribution in [2.45, 2.75) is 18.9 Å². The molecule has 18 heavy (non-hydrogen) atoms. The molecule has 94 valence electrons. The van der Waals surface area contributed by atoms with Crippen LogP contribution in [0.5, 0.6) is 5.88 Å². The molecule has 0 amide bonds. The zero-order valence-electron chi connectivity index (χ0n) is 9.57. The van der Waals surface area contributed by atoms with E-state index in [9.17, 15) is 10.1 Å². The normalized spacial score (nSPS) is 21.8. The van der Waals surface area contributed by atoms with Gasteiger partial charge in [0.2, 0.25) is 11.6 Å². The van der Waals surface area contributed by atoms with Gasteiger partial charge in [0.15, 0.2) is 0 Å². The summed E-state index contributed by atoms with van der Waals surface area (Å²) in [5.41, 5.74) is 4.96. The van der Waals surface area contributed by atoms with Gasteiger partial charge >= 0.3 is 5.69 Å². The van der Waals surface area contributed by atoms with Gasteiger partial charge in [0.1, 0.15) is 12.2 Å². The number of hydrogen-bond acceptors (Lipinski definition) is 6. The van der Waals surface area contributed by atoms with E-state index in [1.54, 1.807) is 6.07 Å². The van der Waals surface area contributed by atoms with Gasteiger partial charge in [-0.05, 0) is 25.3 Å². The SMILES string of the molecule is N#Cc1nc(OC2CC(CN)C2)ccc1[N+](=O)[O-]. The standard InChI is InChI=1S/C11H12N4O3/c12-5-7-3-8(4-7)18-11-2-1-10(15(16)17)9(6-13)14-11/h1-2,7-8H,3-5,12H2. The molecule has 0 bridgehead atoms. The van der Waals surface area contributed by atoms with Crippen LogP contribution in [0.2, 0.25) is 0 Å². The second-order valence-electron chi connectivity index (χ2n) is 4.20. The molecule has 0 saturated heterocycles. The van der Waals surface area contributed by atoms with Crippen LogP contribution in [0.1, 0.15) is 18.5 Å². The summed E-state index contributed by atoms with van der Waals surface area (Å²) < 4.78 is 5.52. The molecule has 1 aliphatic carbocycles. The second kappa shape index (κ2) is 4.98. The Morgan fingerprint density at radius 1 is 1.61 bits per heavy atom. The minimum atomic E-state index is -0.636. The molecule has 7 heteroatoms. The quantitative estimate of drug-likeness (QED) is 0.627. The Balaban J connectivity index is 2.07. The summed E-state index contributed by atoms with van der Waals surface area (Å²) in [6.45, 7) is 0.636. The van der Waals surface area contributed by atoms with Crippen molar-refractivity contribution in [1.29, 1.82) is 5.26 Å². The molecule has 1 aromatic rings. The van der Waals surface area contributed by atoms with E-state index in [0.29, 0.717) is 12.5 Å². The third-order valence-electron chi connectivity index (χ3n) is 2.96. The minimum absolute atomic E-state index is 0.0408. The molecule has 1 saturated carbocycles. The second-order valence-corrected chi connectivity index (χ2v) is 4.20. The molecule has 0 unspecified atom stereocenters. The van der Waals surface area contributed by atoms with E-state index < -0.39 is 4.92 Å². The Labute approximate surface area is 103 Å². The van der Waals surface area contributed by atoms with Crippen molar-refractivity contribution in [3.63, 3.8) is 0 Å². The summed E-state index contributed by atoms with van der Waals surface area (Å²) in [5.74, 6) is 0.723. The highest BCUT2D eigenvalue weighted by Crippen LogP contribution is 2.30. The van der Waals surface area contributed by atoms with Crippen LogP contribution >= 0.6 is 0 Å². The number of pyridine rings is 1. The molecule has 1 aliphatic rings. The lowest BCUT2D eigenvalue weighted by Crippen LogP contribution is -2.37. The molecule has 2 rings (SSSR count). The van der Waals surface area contributed by atoms with Crippen molar-refractivity contribution in [2.75, 3.05) is 6.54 Å². The van der Waals surface area contributed by atoms with E-state index in [4.69, 9.17) is 15.7 Å². The average Bonchev–Trinajstić information content (AvgIpc) is 2.32. The first-order valence-corrected chi connectivity index (χ1v) is 5.56. The molecule has 0 atom stereocenters. The van der Waals surface area contributed by atoms with Crippen LogP contribution in [0, 0.1) is 27.4 Å². The maximum Gasteiger partial charge on any atom is 0.305 e. The lowest BCUT2D eigenvalue weighted by Gasteiger charge is -2.33. The number of nitrogens with two attached hydrogens (primary N) is 1. The van der Waals surface area contributed by atoms with Crippen LogP contribution < -0.4 is 10.5 Å². The van der Waals surface area contributed by atoms with Crippen LogP contribution in [0.3, 0.4) is 0 Å². The lowest BCUT2D eigenvalue weighted by molar-refractivity contribution is -0.385. The summed E-state index contributed by atoms with van der Waals surface area (Å²) >= 11 is 0. The summed E-state index contributed by atoms with van der Waals surface area (Å²) in [4.78, 5) is 13.8. The largest absolute Gasteiger partial charge is 0.474 e. The summed E-state index contributed by atoms with van der Waals surface area (Å²) in [6, 6.07) is 4.34. The Bertz CT molecular complexity index is 506. The molecule has 0 spiro atoms. The minimum Gasteiger partial charge on any atom is -0.474 e. The van der Waals surface area contributed by atoms with Gasteiger partial charge in [-0.1, -0.05) is 0 Å². The number of nitro groups is 1. The van der Waals surface area contributed by atoms with Gasteiger partial charge in [0, 0.05) is 12.1 Å². The van der Waals surface area contributed by atoms with Gasteiger partial charge in [-0.3, -0.25) is 10.1 Å². The average molecular weight is 248 g/mol. The number of aromatic nitrogens is 1. The van der Waals surface area contributed by atoms with Crippen LogP contribution in [-0.4, -0.2) is 22.6 Å². The van der Waals surface area contributed by atoms with Crippen LogP contribution in [-0.2, 0) is 0 Å². The lowest BCUT2D eigenvalue weighted by atomic mass is 9.82. The van der Waals surface area contributed by atoms with Crippen molar-refractivity contribution in [1.82, 2.24) is 4.98 Å². The van der Waals surface area contributed by atoms with E-state index >= 15 is 0 Å². The van der Waals surface area contributed by atoms with Gasteiger partial charge in [-0.25, -0.2) is 0 Å². The fourth-order valence-electron chi connectivity index (χ4n) is 1.86. The van der Waals surface area contributed by atoms with Crippen LogP contribution in [0.15, 0.2) is 12.1 Å². The van der Waals surface area contributed by atoms with E-state index in [-0.39, 0.29) is 23.4 Å².